The number of carbonyl (C=O) groups excluding carboxylic acids is 1. The number of hydrogen-bond acceptors (Lipinski definition) is 4. The first-order valence-electron chi connectivity index (χ1n) is 6.18. The number of fused-ring (bicyclic) bond motifs is 2. The second-order valence-electron chi connectivity index (χ2n) is 5.01. The second kappa shape index (κ2) is 4.15. The van der Waals surface area contributed by atoms with Gasteiger partial charge < -0.3 is 15.8 Å². The van der Waals surface area contributed by atoms with Crippen LogP contribution in [-0.2, 0) is 14.9 Å². The fraction of sp³-hybridized carbons (Fsp3) is 0.286. The van der Waals surface area contributed by atoms with E-state index in [0.717, 1.165) is 0 Å². The van der Waals surface area contributed by atoms with Crippen LogP contribution in [0.3, 0.4) is 0 Å². The van der Waals surface area contributed by atoms with Crippen molar-refractivity contribution in [3.63, 3.8) is 0 Å². The Labute approximate surface area is 121 Å². The van der Waals surface area contributed by atoms with Crippen LogP contribution in [0, 0.1) is 11.3 Å². The molecule has 0 fully saturated rings. The molecule has 2 atom stereocenters. The number of halogens is 1. The number of ether oxygens (including phenoxy) is 1. The fourth-order valence-electron chi connectivity index (χ4n) is 3.05. The van der Waals surface area contributed by atoms with Crippen LogP contribution in [0.1, 0.15) is 18.9 Å². The minimum Gasteiger partial charge on any atom is -0.476 e. The van der Waals surface area contributed by atoms with Crippen LogP contribution >= 0.6 is 11.6 Å². The van der Waals surface area contributed by atoms with Gasteiger partial charge in [0.2, 0.25) is 5.91 Å². The van der Waals surface area contributed by atoms with E-state index in [9.17, 15) is 10.1 Å². The third-order valence-corrected chi connectivity index (χ3v) is 4.10. The van der Waals surface area contributed by atoms with E-state index in [-0.39, 0.29) is 23.5 Å². The Bertz CT molecular complexity index is 692. The van der Waals surface area contributed by atoms with Crippen molar-refractivity contribution < 1.29 is 9.53 Å². The van der Waals surface area contributed by atoms with Crippen LogP contribution in [0.15, 0.2) is 29.7 Å². The summed E-state index contributed by atoms with van der Waals surface area (Å²) < 4.78 is 5.39. The third-order valence-electron chi connectivity index (χ3n) is 3.78. The number of rotatable bonds is 0. The average molecular weight is 290 g/mol. The normalized spacial score (nSPS) is 27.9. The topological polar surface area (TPSA) is 88.1 Å². The van der Waals surface area contributed by atoms with Crippen molar-refractivity contribution in [2.45, 2.75) is 24.9 Å². The zero-order valence-electron chi connectivity index (χ0n) is 10.7. The van der Waals surface area contributed by atoms with E-state index in [1.54, 1.807) is 18.2 Å². The Morgan fingerprint density at radius 1 is 1.60 bits per heavy atom. The highest BCUT2D eigenvalue weighted by atomic mass is 35.5. The van der Waals surface area contributed by atoms with Gasteiger partial charge in [0, 0.05) is 22.7 Å². The highest BCUT2D eigenvalue weighted by Crippen LogP contribution is 2.51. The first-order valence-corrected chi connectivity index (χ1v) is 6.56. The summed E-state index contributed by atoms with van der Waals surface area (Å²) in [5, 5.41) is 12.6. The summed E-state index contributed by atoms with van der Waals surface area (Å²) in [5.74, 6) is -0.288. The Hall–Kier alpha value is -2.19. The van der Waals surface area contributed by atoms with Crippen LogP contribution in [0.4, 0.5) is 5.69 Å². The molecule has 3 rings (SSSR count). The molecule has 102 valence electrons. The van der Waals surface area contributed by atoms with Gasteiger partial charge in [-0.2, -0.15) is 5.26 Å². The number of benzene rings is 1. The predicted molar refractivity (Wildman–Crippen MR) is 73.8 cm³/mol. The lowest BCUT2D eigenvalue weighted by molar-refractivity contribution is -0.121. The molecule has 1 aromatic rings. The van der Waals surface area contributed by atoms with Crippen LogP contribution in [-0.4, -0.2) is 12.0 Å². The van der Waals surface area contributed by atoms with Gasteiger partial charge in [-0.25, -0.2) is 0 Å². The molecule has 6 heteroatoms. The smallest absolute Gasteiger partial charge is 0.240 e. The molecule has 20 heavy (non-hydrogen) atoms. The number of carbonyl (C=O) groups is 1. The van der Waals surface area contributed by atoms with E-state index in [2.05, 4.69) is 5.32 Å². The number of nitrogens with zero attached hydrogens (tertiary/aromatic N) is 1. The van der Waals surface area contributed by atoms with Crippen LogP contribution in [0.5, 0.6) is 0 Å². The molecule has 0 aliphatic carbocycles. The van der Waals surface area contributed by atoms with Crippen molar-refractivity contribution in [2.75, 3.05) is 5.32 Å². The molecule has 0 saturated heterocycles. The van der Waals surface area contributed by atoms with E-state index >= 15 is 0 Å². The Balaban J connectivity index is 2.35. The standard InChI is InChI=1S/C14H12ClN3O2/c1-7-5-14(8(6-16)12(17)20-7)11-9(15)3-2-4-10(11)18-13(14)19/h2-4,7H,5,17H2,1H3,(H,18,19)/t7?,14-/m1/s1. The van der Waals surface area contributed by atoms with E-state index < -0.39 is 5.41 Å². The van der Waals surface area contributed by atoms with Gasteiger partial charge in [-0.05, 0) is 19.1 Å². The third kappa shape index (κ3) is 1.46. The van der Waals surface area contributed by atoms with Crippen molar-refractivity contribution in [2.24, 2.45) is 5.73 Å². The minimum atomic E-state index is -1.15. The Kier molecular flexibility index (Phi) is 2.66. The number of nitrogens with one attached hydrogen (secondary N) is 1. The largest absolute Gasteiger partial charge is 0.476 e. The molecule has 5 nitrogen and oxygen atoms in total. The van der Waals surface area contributed by atoms with Gasteiger partial charge in [-0.3, -0.25) is 4.79 Å². The van der Waals surface area contributed by atoms with Crippen LogP contribution < -0.4 is 11.1 Å². The Morgan fingerprint density at radius 2 is 2.35 bits per heavy atom. The number of hydrogen-bond donors (Lipinski definition) is 2. The molecule has 2 aliphatic rings. The fourth-order valence-corrected chi connectivity index (χ4v) is 3.39. The second-order valence-corrected chi connectivity index (χ2v) is 5.41. The van der Waals surface area contributed by atoms with Gasteiger partial charge >= 0.3 is 0 Å². The minimum absolute atomic E-state index is 0.00540. The maximum Gasteiger partial charge on any atom is 0.240 e. The lowest BCUT2D eigenvalue weighted by Gasteiger charge is -2.35. The molecule has 0 aromatic heterocycles. The molecule has 1 amide bonds. The van der Waals surface area contributed by atoms with Gasteiger partial charge in [0.25, 0.3) is 0 Å². The highest BCUT2D eigenvalue weighted by Gasteiger charge is 2.55. The molecule has 2 heterocycles. The molecule has 1 spiro atoms. The quantitative estimate of drug-likeness (QED) is 0.765. The van der Waals surface area contributed by atoms with Crippen molar-refractivity contribution in [3.05, 3.63) is 40.2 Å². The molecule has 0 radical (unpaired) electrons. The van der Waals surface area contributed by atoms with E-state index in [1.165, 1.54) is 0 Å². The summed E-state index contributed by atoms with van der Waals surface area (Å²) in [6, 6.07) is 7.23. The number of anilines is 1. The number of nitriles is 1. The monoisotopic (exact) mass is 289 g/mol. The van der Waals surface area contributed by atoms with Crippen molar-refractivity contribution in [1.82, 2.24) is 0 Å². The van der Waals surface area contributed by atoms with Crippen molar-refractivity contribution in [1.29, 1.82) is 5.26 Å². The van der Waals surface area contributed by atoms with Crippen molar-refractivity contribution >= 4 is 23.2 Å². The summed E-state index contributed by atoms with van der Waals surface area (Å²) in [7, 11) is 0. The maximum absolute atomic E-state index is 12.6. The zero-order chi connectivity index (χ0) is 14.5. The van der Waals surface area contributed by atoms with Crippen LogP contribution in [0.2, 0.25) is 5.02 Å². The molecule has 0 saturated carbocycles. The van der Waals surface area contributed by atoms with Gasteiger partial charge in [-0.15, -0.1) is 0 Å². The summed E-state index contributed by atoms with van der Waals surface area (Å²) >= 11 is 6.27. The molecule has 1 unspecified atom stereocenters. The predicted octanol–water partition coefficient (Wildman–Crippen LogP) is 2.03. The summed E-state index contributed by atoms with van der Waals surface area (Å²) in [5.41, 5.74) is 6.03. The molecule has 3 N–H and O–H groups in total. The first-order chi connectivity index (χ1) is 9.50. The maximum atomic E-state index is 12.6. The van der Waals surface area contributed by atoms with Gasteiger partial charge in [0.15, 0.2) is 5.88 Å². The summed E-state index contributed by atoms with van der Waals surface area (Å²) in [6.45, 7) is 1.81. The lowest BCUT2D eigenvalue weighted by atomic mass is 9.70. The SMILES string of the molecule is CC1C[C@@]2(C(=O)Nc3cccc(Cl)c32)C(C#N)=C(N)O1. The highest BCUT2D eigenvalue weighted by molar-refractivity contribution is 6.33. The zero-order valence-corrected chi connectivity index (χ0v) is 11.5. The van der Waals surface area contributed by atoms with Gasteiger partial charge in [-0.1, -0.05) is 17.7 Å². The molecule has 0 bridgehead atoms. The summed E-state index contributed by atoms with van der Waals surface area (Å²) in [4.78, 5) is 12.6. The molecule has 2 aliphatic heterocycles. The van der Waals surface area contributed by atoms with Gasteiger partial charge in [0.1, 0.15) is 17.1 Å². The van der Waals surface area contributed by atoms with Gasteiger partial charge in [0.05, 0.1) is 6.10 Å². The summed E-state index contributed by atoms with van der Waals surface area (Å²) in [6.07, 6.45) is 0.0548. The Morgan fingerprint density at radius 3 is 3.05 bits per heavy atom. The van der Waals surface area contributed by atoms with E-state index in [0.29, 0.717) is 22.7 Å². The lowest BCUT2D eigenvalue weighted by Crippen LogP contribution is -2.44. The first kappa shape index (κ1) is 12.8. The average Bonchev–Trinajstić information content (AvgIpc) is 2.63. The molecular formula is C14H12ClN3O2. The van der Waals surface area contributed by atoms with E-state index in [1.807, 2.05) is 13.0 Å². The van der Waals surface area contributed by atoms with Crippen LogP contribution in [0.25, 0.3) is 0 Å². The molecular weight excluding hydrogens is 278 g/mol. The number of nitrogens with two attached hydrogens (primary N) is 1. The number of amides is 1. The van der Waals surface area contributed by atoms with E-state index in [4.69, 9.17) is 22.1 Å². The van der Waals surface area contributed by atoms with Crippen molar-refractivity contribution in [3.8, 4) is 6.07 Å². The molecule has 1 aromatic carbocycles.